The van der Waals surface area contributed by atoms with Crippen LogP contribution < -0.4 is 21.3 Å². The molecule has 0 unspecified atom stereocenters. The van der Waals surface area contributed by atoms with E-state index < -0.39 is 29.7 Å². The highest BCUT2D eigenvalue weighted by Crippen LogP contribution is 2.12. The van der Waals surface area contributed by atoms with E-state index in [1.54, 1.807) is 25.3 Å². The second-order valence-corrected chi connectivity index (χ2v) is 5.91. The number of nitrogens with zero attached hydrogens (tertiary/aromatic N) is 2. The zero-order valence-electron chi connectivity index (χ0n) is 15.8. The lowest BCUT2D eigenvalue weighted by atomic mass is 10.2. The lowest BCUT2D eigenvalue weighted by Gasteiger charge is -2.07. The summed E-state index contributed by atoms with van der Waals surface area (Å²) in [6.07, 6.45) is 3.57. The molecule has 0 fully saturated rings. The van der Waals surface area contributed by atoms with Crippen LogP contribution in [0.3, 0.4) is 0 Å². The third-order valence-electron chi connectivity index (χ3n) is 3.84. The molecule has 1 aromatic heterocycles. The highest BCUT2D eigenvalue weighted by Gasteiger charge is 2.07. The van der Waals surface area contributed by atoms with E-state index in [0.717, 1.165) is 16.2 Å². The maximum absolute atomic E-state index is 12.0. The molecule has 0 atom stereocenters. The smallest absolute Gasteiger partial charge is 0.331 e. The Morgan fingerprint density at radius 2 is 1.96 bits per heavy atom. The molecule has 9 heteroatoms. The van der Waals surface area contributed by atoms with E-state index in [1.807, 2.05) is 6.07 Å². The number of methoxy groups -OCH3 is 1. The molecule has 1 heterocycles. The average Bonchev–Trinajstić information content (AvgIpc) is 2.70. The molecule has 2 rings (SSSR count). The number of rotatable bonds is 7. The van der Waals surface area contributed by atoms with Crippen molar-refractivity contribution in [2.24, 2.45) is 14.1 Å². The van der Waals surface area contributed by atoms with Crippen LogP contribution >= 0.6 is 0 Å². The minimum Gasteiger partial charge on any atom is -0.497 e. The summed E-state index contributed by atoms with van der Waals surface area (Å²) < 4.78 is 12.1. The Labute approximate surface area is 160 Å². The fourth-order valence-corrected chi connectivity index (χ4v) is 2.33. The molecule has 0 aliphatic rings. The second-order valence-electron chi connectivity index (χ2n) is 5.91. The molecule has 0 aliphatic heterocycles. The van der Waals surface area contributed by atoms with Gasteiger partial charge in [-0.3, -0.25) is 14.2 Å². The van der Waals surface area contributed by atoms with Crippen molar-refractivity contribution in [1.82, 2.24) is 14.5 Å². The van der Waals surface area contributed by atoms with Crippen molar-refractivity contribution >= 4 is 18.0 Å². The number of carbonyl (C=O) groups is 2. The Morgan fingerprint density at radius 1 is 1.21 bits per heavy atom. The Bertz CT molecular complexity index is 1020. The van der Waals surface area contributed by atoms with E-state index in [2.05, 4.69) is 5.32 Å². The highest BCUT2D eigenvalue weighted by atomic mass is 16.5. The molecule has 1 aromatic carbocycles. The van der Waals surface area contributed by atoms with Crippen molar-refractivity contribution in [2.45, 2.75) is 6.54 Å². The summed E-state index contributed by atoms with van der Waals surface area (Å²) in [6, 6.07) is 7.19. The fraction of sp³-hybridized carbons (Fsp3) is 0.263. The summed E-state index contributed by atoms with van der Waals surface area (Å²) in [5, 5.41) is 2.62. The standard InChI is InChI=1S/C19H21N3O6/c1-21-11-14(18(25)22(2)19(21)26)7-8-17(24)28-12-16(23)20-10-13-5-4-6-15(9-13)27-3/h4-9,11H,10,12H2,1-3H3,(H,20,23)/b8-7+. The van der Waals surface area contributed by atoms with Gasteiger partial charge in [0.2, 0.25) is 0 Å². The Morgan fingerprint density at radius 3 is 2.68 bits per heavy atom. The summed E-state index contributed by atoms with van der Waals surface area (Å²) in [4.78, 5) is 47.1. The number of hydrogen-bond donors (Lipinski definition) is 1. The average molecular weight is 387 g/mol. The van der Waals surface area contributed by atoms with Crippen molar-refractivity contribution in [3.63, 3.8) is 0 Å². The first-order chi connectivity index (χ1) is 13.3. The molecule has 0 radical (unpaired) electrons. The zero-order valence-corrected chi connectivity index (χ0v) is 15.8. The molecule has 1 N–H and O–H groups in total. The van der Waals surface area contributed by atoms with Crippen LogP contribution in [0, 0.1) is 0 Å². The molecular formula is C19H21N3O6. The molecule has 0 spiro atoms. The van der Waals surface area contributed by atoms with Gasteiger partial charge in [-0.05, 0) is 23.8 Å². The van der Waals surface area contributed by atoms with Crippen LogP contribution in [0.25, 0.3) is 6.08 Å². The van der Waals surface area contributed by atoms with Crippen molar-refractivity contribution in [3.8, 4) is 5.75 Å². The summed E-state index contributed by atoms with van der Waals surface area (Å²) in [7, 11) is 4.38. The second kappa shape index (κ2) is 9.36. The molecule has 0 saturated heterocycles. The number of nitrogens with one attached hydrogen (secondary N) is 1. The van der Waals surface area contributed by atoms with Crippen LogP contribution in [0.5, 0.6) is 5.75 Å². The van der Waals surface area contributed by atoms with E-state index in [0.29, 0.717) is 5.75 Å². The Balaban J connectivity index is 1.86. The third kappa shape index (κ3) is 5.44. The maximum atomic E-state index is 12.0. The molecule has 2 aromatic rings. The predicted molar refractivity (Wildman–Crippen MR) is 102 cm³/mol. The molecule has 0 aliphatic carbocycles. The molecule has 9 nitrogen and oxygen atoms in total. The normalized spacial score (nSPS) is 10.7. The minimum absolute atomic E-state index is 0.143. The third-order valence-corrected chi connectivity index (χ3v) is 3.84. The molecule has 148 valence electrons. The molecule has 0 bridgehead atoms. The van der Waals surface area contributed by atoms with E-state index in [4.69, 9.17) is 9.47 Å². The van der Waals surface area contributed by atoms with Crippen LogP contribution in [-0.2, 0) is 35.0 Å². The van der Waals surface area contributed by atoms with Crippen LogP contribution in [0.15, 0.2) is 46.1 Å². The maximum Gasteiger partial charge on any atom is 0.331 e. The van der Waals surface area contributed by atoms with Gasteiger partial charge in [-0.15, -0.1) is 0 Å². The van der Waals surface area contributed by atoms with Gasteiger partial charge in [0.1, 0.15) is 5.75 Å². The number of aromatic nitrogens is 2. The van der Waals surface area contributed by atoms with Crippen LogP contribution in [0.2, 0.25) is 0 Å². The highest BCUT2D eigenvalue weighted by molar-refractivity contribution is 5.89. The van der Waals surface area contributed by atoms with Gasteiger partial charge in [-0.1, -0.05) is 12.1 Å². The lowest BCUT2D eigenvalue weighted by molar-refractivity contribution is -0.143. The number of aryl methyl sites for hydroxylation is 1. The van der Waals surface area contributed by atoms with Crippen LogP contribution in [0.4, 0.5) is 0 Å². The number of benzene rings is 1. The van der Waals surface area contributed by atoms with Crippen molar-refractivity contribution in [1.29, 1.82) is 0 Å². The topological polar surface area (TPSA) is 109 Å². The van der Waals surface area contributed by atoms with E-state index >= 15 is 0 Å². The van der Waals surface area contributed by atoms with Gasteiger partial charge in [-0.2, -0.15) is 0 Å². The lowest BCUT2D eigenvalue weighted by Crippen LogP contribution is -2.37. The predicted octanol–water partition coefficient (Wildman–Crippen LogP) is -0.0346. The number of carbonyl (C=O) groups excluding carboxylic acids is 2. The van der Waals surface area contributed by atoms with Gasteiger partial charge in [0.15, 0.2) is 6.61 Å². The first kappa shape index (κ1) is 20.7. The quantitative estimate of drug-likeness (QED) is 0.528. The minimum atomic E-state index is -0.785. The summed E-state index contributed by atoms with van der Waals surface area (Å²) in [6.45, 7) is -0.198. The van der Waals surface area contributed by atoms with Gasteiger partial charge in [0.25, 0.3) is 11.5 Å². The molecule has 28 heavy (non-hydrogen) atoms. The summed E-state index contributed by atoms with van der Waals surface area (Å²) >= 11 is 0. The molecule has 0 saturated carbocycles. The van der Waals surface area contributed by atoms with Gasteiger partial charge >= 0.3 is 11.7 Å². The van der Waals surface area contributed by atoms with Crippen LogP contribution in [-0.4, -0.2) is 34.7 Å². The summed E-state index contributed by atoms with van der Waals surface area (Å²) in [5.41, 5.74) is -0.0332. The first-order valence-corrected chi connectivity index (χ1v) is 8.33. The molecular weight excluding hydrogens is 366 g/mol. The first-order valence-electron chi connectivity index (χ1n) is 8.33. The monoisotopic (exact) mass is 387 g/mol. The van der Waals surface area contributed by atoms with Gasteiger partial charge in [0, 0.05) is 32.9 Å². The van der Waals surface area contributed by atoms with Crippen molar-refractivity contribution in [3.05, 3.63) is 68.5 Å². The van der Waals surface area contributed by atoms with E-state index in [1.165, 1.54) is 30.9 Å². The van der Waals surface area contributed by atoms with Crippen molar-refractivity contribution < 1.29 is 19.1 Å². The fourth-order valence-electron chi connectivity index (χ4n) is 2.33. The van der Waals surface area contributed by atoms with Gasteiger partial charge in [0.05, 0.1) is 12.7 Å². The van der Waals surface area contributed by atoms with Gasteiger partial charge in [-0.25, -0.2) is 9.59 Å². The van der Waals surface area contributed by atoms with Gasteiger partial charge < -0.3 is 19.4 Å². The SMILES string of the molecule is COc1cccc(CNC(=O)COC(=O)/C=C/c2cn(C)c(=O)n(C)c2=O)c1. The number of esters is 1. The van der Waals surface area contributed by atoms with Crippen LogP contribution in [0.1, 0.15) is 11.1 Å². The summed E-state index contributed by atoms with van der Waals surface area (Å²) in [5.74, 6) is -0.581. The van der Waals surface area contributed by atoms with E-state index in [-0.39, 0.29) is 12.1 Å². The number of amides is 1. The van der Waals surface area contributed by atoms with Crippen molar-refractivity contribution in [2.75, 3.05) is 13.7 Å². The Kier molecular flexibility index (Phi) is 6.91. The number of hydrogen-bond acceptors (Lipinski definition) is 6. The zero-order chi connectivity index (χ0) is 20.7. The van der Waals surface area contributed by atoms with E-state index in [9.17, 15) is 19.2 Å². The number of ether oxygens (including phenoxy) is 2. The Hall–Kier alpha value is -3.62. The largest absolute Gasteiger partial charge is 0.497 e. The molecule has 1 amide bonds.